The van der Waals surface area contributed by atoms with Gasteiger partial charge in [0.15, 0.2) is 4.90 Å². The third-order valence-electron chi connectivity index (χ3n) is 1.61. The highest BCUT2D eigenvalue weighted by atomic mass is 35.7. The Morgan fingerprint density at radius 2 is 2.00 bits per heavy atom. The first-order chi connectivity index (χ1) is 7.27. The van der Waals surface area contributed by atoms with Gasteiger partial charge in [-0.3, -0.25) is 10.1 Å². The summed E-state index contributed by atoms with van der Waals surface area (Å²) < 4.78 is 22.1. The molecule has 6 nitrogen and oxygen atoms in total. The van der Waals surface area contributed by atoms with Crippen LogP contribution >= 0.6 is 22.3 Å². The maximum absolute atomic E-state index is 11.1. The van der Waals surface area contributed by atoms with Crippen LogP contribution in [-0.2, 0) is 9.05 Å². The van der Waals surface area contributed by atoms with Crippen molar-refractivity contribution in [1.29, 1.82) is 5.26 Å². The van der Waals surface area contributed by atoms with E-state index in [1.807, 2.05) is 0 Å². The van der Waals surface area contributed by atoms with Crippen molar-refractivity contribution in [3.8, 4) is 6.07 Å². The maximum atomic E-state index is 11.1. The molecule has 0 radical (unpaired) electrons. The molecule has 0 aliphatic carbocycles. The van der Waals surface area contributed by atoms with Crippen LogP contribution in [0, 0.1) is 21.4 Å². The zero-order chi connectivity index (χ0) is 12.5. The van der Waals surface area contributed by atoms with Gasteiger partial charge in [-0.2, -0.15) is 5.26 Å². The topological polar surface area (TPSA) is 101 Å². The Hall–Kier alpha value is -1.36. The Kier molecular flexibility index (Phi) is 3.38. The third kappa shape index (κ3) is 2.41. The second kappa shape index (κ2) is 4.25. The molecule has 0 N–H and O–H groups in total. The Morgan fingerprint density at radius 1 is 1.44 bits per heavy atom. The molecule has 0 aliphatic heterocycles. The van der Waals surface area contributed by atoms with E-state index in [1.54, 1.807) is 0 Å². The van der Waals surface area contributed by atoms with Crippen LogP contribution in [-0.4, -0.2) is 13.3 Å². The lowest BCUT2D eigenvalue weighted by atomic mass is 10.2. The van der Waals surface area contributed by atoms with Crippen molar-refractivity contribution < 1.29 is 13.3 Å². The summed E-state index contributed by atoms with van der Waals surface area (Å²) in [6, 6.07) is 3.29. The van der Waals surface area contributed by atoms with Gasteiger partial charge in [-0.05, 0) is 12.1 Å². The van der Waals surface area contributed by atoms with Crippen molar-refractivity contribution in [2.24, 2.45) is 0 Å². The van der Waals surface area contributed by atoms with Crippen LogP contribution in [0.1, 0.15) is 5.56 Å². The summed E-state index contributed by atoms with van der Waals surface area (Å²) in [4.78, 5) is 8.86. The van der Waals surface area contributed by atoms with E-state index >= 15 is 0 Å². The number of rotatable bonds is 2. The molecule has 84 valence electrons. The molecule has 0 bridgehead atoms. The van der Waals surface area contributed by atoms with Crippen LogP contribution in [0.4, 0.5) is 5.69 Å². The Balaban J connectivity index is 3.80. The van der Waals surface area contributed by atoms with Crippen LogP contribution in [0.25, 0.3) is 0 Å². The molecule has 0 amide bonds. The van der Waals surface area contributed by atoms with Crippen LogP contribution in [0.3, 0.4) is 0 Å². The minimum Gasteiger partial charge on any atom is -0.258 e. The minimum atomic E-state index is -4.34. The number of benzene rings is 1. The molecule has 0 atom stereocenters. The normalized spacial score (nSPS) is 10.8. The van der Waals surface area contributed by atoms with Crippen molar-refractivity contribution in [2.75, 3.05) is 0 Å². The van der Waals surface area contributed by atoms with E-state index < -0.39 is 30.1 Å². The number of nitro benzene ring substituents is 1. The summed E-state index contributed by atoms with van der Waals surface area (Å²) in [6.07, 6.45) is 0. The van der Waals surface area contributed by atoms with Crippen LogP contribution in [0.15, 0.2) is 17.0 Å². The monoisotopic (exact) mass is 280 g/mol. The van der Waals surface area contributed by atoms with E-state index in [0.717, 1.165) is 12.1 Å². The lowest BCUT2D eigenvalue weighted by Gasteiger charge is -2.01. The van der Waals surface area contributed by atoms with Crippen LogP contribution in [0.5, 0.6) is 0 Å². The van der Waals surface area contributed by atoms with Crippen molar-refractivity contribution in [2.45, 2.75) is 4.90 Å². The summed E-state index contributed by atoms with van der Waals surface area (Å²) in [5.41, 5.74) is -1.33. The number of nitrogens with zero attached hydrogens (tertiary/aromatic N) is 2. The van der Waals surface area contributed by atoms with E-state index in [-0.39, 0.29) is 5.02 Å². The maximum Gasteiger partial charge on any atom is 0.307 e. The third-order valence-corrected chi connectivity index (χ3v) is 3.16. The van der Waals surface area contributed by atoms with Gasteiger partial charge in [-0.1, -0.05) is 11.6 Å². The van der Waals surface area contributed by atoms with E-state index in [9.17, 15) is 18.5 Å². The fourth-order valence-electron chi connectivity index (χ4n) is 1.03. The van der Waals surface area contributed by atoms with Gasteiger partial charge in [-0.25, -0.2) is 8.42 Å². The molecule has 0 saturated carbocycles. The van der Waals surface area contributed by atoms with E-state index in [1.165, 1.54) is 6.07 Å². The molecule has 0 aromatic heterocycles. The summed E-state index contributed by atoms with van der Waals surface area (Å²) in [5, 5.41) is 19.2. The molecule has 0 unspecified atom stereocenters. The predicted octanol–water partition coefficient (Wildman–Crippen LogP) is 2.05. The first kappa shape index (κ1) is 12.7. The fourth-order valence-corrected chi connectivity index (χ4v) is 2.35. The number of hydrogen-bond donors (Lipinski definition) is 0. The summed E-state index contributed by atoms with van der Waals surface area (Å²) in [6.45, 7) is 0. The van der Waals surface area contributed by atoms with Crippen molar-refractivity contribution in [3.05, 3.63) is 32.8 Å². The first-order valence-corrected chi connectivity index (χ1v) is 6.29. The van der Waals surface area contributed by atoms with E-state index in [4.69, 9.17) is 27.5 Å². The average molecular weight is 281 g/mol. The Morgan fingerprint density at radius 3 is 2.38 bits per heavy atom. The molecule has 1 aromatic carbocycles. The van der Waals surface area contributed by atoms with Gasteiger partial charge in [0.2, 0.25) is 0 Å². The lowest BCUT2D eigenvalue weighted by molar-refractivity contribution is -0.388. The highest BCUT2D eigenvalue weighted by molar-refractivity contribution is 8.13. The largest absolute Gasteiger partial charge is 0.307 e. The molecular formula is C7H2Cl2N2O4S. The van der Waals surface area contributed by atoms with Gasteiger partial charge in [0, 0.05) is 15.7 Å². The SMILES string of the molecule is N#Cc1cc(Cl)cc(S(=O)(=O)Cl)c1[N+](=O)[O-]. The lowest BCUT2D eigenvalue weighted by Crippen LogP contribution is -2.01. The zero-order valence-electron chi connectivity index (χ0n) is 7.35. The second-order valence-corrected chi connectivity index (χ2v) is 5.58. The minimum absolute atomic E-state index is 0.124. The Labute approximate surface area is 99.6 Å². The van der Waals surface area contributed by atoms with Crippen molar-refractivity contribution >= 4 is 37.0 Å². The quantitative estimate of drug-likeness (QED) is 0.469. The molecule has 1 rings (SSSR count). The summed E-state index contributed by atoms with van der Waals surface area (Å²) >= 11 is 5.51. The average Bonchev–Trinajstić information content (AvgIpc) is 2.14. The Bertz CT molecular complexity index is 606. The van der Waals surface area contributed by atoms with Crippen molar-refractivity contribution in [3.63, 3.8) is 0 Å². The standard InChI is InChI=1S/C7H2Cl2N2O4S/c8-5-1-4(3-10)7(11(12)13)6(2-5)16(9,14)15/h1-2H. The number of nitro groups is 1. The van der Waals surface area contributed by atoms with E-state index in [2.05, 4.69) is 0 Å². The number of halogens is 2. The van der Waals surface area contributed by atoms with Crippen LogP contribution < -0.4 is 0 Å². The van der Waals surface area contributed by atoms with Crippen molar-refractivity contribution in [1.82, 2.24) is 0 Å². The molecule has 0 fully saturated rings. The highest BCUT2D eigenvalue weighted by Crippen LogP contribution is 2.32. The van der Waals surface area contributed by atoms with Gasteiger partial charge in [0.1, 0.15) is 11.6 Å². The smallest absolute Gasteiger partial charge is 0.258 e. The number of nitriles is 1. The number of hydrogen-bond acceptors (Lipinski definition) is 5. The van der Waals surface area contributed by atoms with Crippen LogP contribution in [0.2, 0.25) is 5.02 Å². The first-order valence-electron chi connectivity index (χ1n) is 3.60. The molecule has 0 heterocycles. The molecule has 0 saturated heterocycles. The molecule has 0 aliphatic rings. The molecular weight excluding hydrogens is 279 g/mol. The van der Waals surface area contributed by atoms with Gasteiger partial charge in [0.25, 0.3) is 9.05 Å². The molecule has 1 aromatic rings. The predicted molar refractivity (Wildman–Crippen MR) is 55.9 cm³/mol. The summed E-state index contributed by atoms with van der Waals surface area (Å²) in [7, 11) is 0.670. The molecule has 0 spiro atoms. The highest BCUT2D eigenvalue weighted by Gasteiger charge is 2.28. The summed E-state index contributed by atoms with van der Waals surface area (Å²) in [5.74, 6) is 0. The molecule has 16 heavy (non-hydrogen) atoms. The van der Waals surface area contributed by atoms with E-state index in [0.29, 0.717) is 0 Å². The van der Waals surface area contributed by atoms with Gasteiger partial charge >= 0.3 is 5.69 Å². The second-order valence-electron chi connectivity index (χ2n) is 2.61. The fraction of sp³-hybridized carbons (Fsp3) is 0. The van der Waals surface area contributed by atoms with Gasteiger partial charge < -0.3 is 0 Å². The zero-order valence-corrected chi connectivity index (χ0v) is 9.67. The van der Waals surface area contributed by atoms with Gasteiger partial charge in [0.05, 0.1) is 4.92 Å². The van der Waals surface area contributed by atoms with Gasteiger partial charge in [-0.15, -0.1) is 0 Å². The molecule has 9 heteroatoms.